The highest BCUT2D eigenvalue weighted by Gasteiger charge is 2.14. The highest BCUT2D eigenvalue weighted by molar-refractivity contribution is 6.30. The third-order valence-electron chi connectivity index (χ3n) is 3.08. The molecule has 0 aliphatic carbocycles. The average Bonchev–Trinajstić information content (AvgIpc) is 2.48. The Morgan fingerprint density at radius 2 is 2.10 bits per heavy atom. The molecule has 1 heterocycles. The molecule has 0 aliphatic rings. The van der Waals surface area contributed by atoms with Gasteiger partial charge in [0, 0.05) is 11.2 Å². The van der Waals surface area contributed by atoms with Crippen molar-refractivity contribution >= 4 is 11.6 Å². The van der Waals surface area contributed by atoms with Gasteiger partial charge in [0.15, 0.2) is 0 Å². The van der Waals surface area contributed by atoms with Crippen LogP contribution < -0.4 is 10.1 Å². The Bertz CT molecular complexity index is 560. The lowest BCUT2D eigenvalue weighted by Crippen LogP contribution is -2.23. The molecule has 0 saturated heterocycles. The van der Waals surface area contributed by atoms with Crippen LogP contribution in [0.4, 0.5) is 0 Å². The number of hydrogen-bond donors (Lipinski definition) is 1. The maximum Gasteiger partial charge on any atom is 0.137 e. The largest absolute Gasteiger partial charge is 0.495 e. The molecule has 0 amide bonds. The van der Waals surface area contributed by atoms with Crippen molar-refractivity contribution in [2.75, 3.05) is 13.7 Å². The molecule has 1 aromatic carbocycles. The Labute approximate surface area is 124 Å². The molecule has 4 heteroatoms. The summed E-state index contributed by atoms with van der Waals surface area (Å²) in [7, 11) is 1.65. The second-order valence-corrected chi connectivity index (χ2v) is 5.04. The molecule has 106 valence electrons. The van der Waals surface area contributed by atoms with Crippen LogP contribution in [0.1, 0.15) is 30.5 Å². The summed E-state index contributed by atoms with van der Waals surface area (Å²) in [5.74, 6) is 0.757. The van der Waals surface area contributed by atoms with Crippen molar-refractivity contribution in [1.29, 1.82) is 0 Å². The zero-order valence-electron chi connectivity index (χ0n) is 11.8. The summed E-state index contributed by atoms with van der Waals surface area (Å²) in [6, 6.07) is 9.96. The molecule has 20 heavy (non-hydrogen) atoms. The molecule has 0 bridgehead atoms. The van der Waals surface area contributed by atoms with Crippen LogP contribution in [0.15, 0.2) is 42.7 Å². The Morgan fingerprint density at radius 3 is 2.80 bits per heavy atom. The van der Waals surface area contributed by atoms with E-state index in [1.54, 1.807) is 13.3 Å². The monoisotopic (exact) mass is 290 g/mol. The van der Waals surface area contributed by atoms with Gasteiger partial charge in [-0.05, 0) is 42.3 Å². The highest BCUT2D eigenvalue weighted by atomic mass is 35.5. The van der Waals surface area contributed by atoms with E-state index in [0.717, 1.165) is 34.9 Å². The fourth-order valence-corrected chi connectivity index (χ4v) is 2.31. The van der Waals surface area contributed by atoms with Gasteiger partial charge in [-0.15, -0.1) is 0 Å². The number of halogens is 1. The quantitative estimate of drug-likeness (QED) is 0.878. The summed E-state index contributed by atoms with van der Waals surface area (Å²) in [5.41, 5.74) is 2.20. The first kappa shape index (κ1) is 14.8. The van der Waals surface area contributed by atoms with E-state index in [2.05, 4.69) is 23.3 Å². The van der Waals surface area contributed by atoms with Crippen LogP contribution in [0.3, 0.4) is 0 Å². The Kier molecular flexibility index (Phi) is 5.39. The fraction of sp³-hybridized carbons (Fsp3) is 0.312. The van der Waals surface area contributed by atoms with Gasteiger partial charge in [-0.1, -0.05) is 30.7 Å². The van der Waals surface area contributed by atoms with Gasteiger partial charge in [-0.2, -0.15) is 0 Å². The number of aromatic nitrogens is 1. The van der Waals surface area contributed by atoms with Crippen molar-refractivity contribution < 1.29 is 4.74 Å². The zero-order valence-corrected chi connectivity index (χ0v) is 12.5. The number of methoxy groups -OCH3 is 1. The first-order chi connectivity index (χ1) is 9.74. The summed E-state index contributed by atoms with van der Waals surface area (Å²) >= 11 is 6.10. The van der Waals surface area contributed by atoms with Gasteiger partial charge >= 0.3 is 0 Å². The van der Waals surface area contributed by atoms with Gasteiger partial charge in [-0.25, -0.2) is 0 Å². The molecular formula is C16H19ClN2O. The van der Waals surface area contributed by atoms with E-state index in [1.165, 1.54) is 0 Å². The van der Waals surface area contributed by atoms with Crippen molar-refractivity contribution in [3.63, 3.8) is 0 Å². The van der Waals surface area contributed by atoms with E-state index >= 15 is 0 Å². The minimum absolute atomic E-state index is 0.0660. The fourth-order valence-electron chi connectivity index (χ4n) is 2.11. The molecule has 0 spiro atoms. The van der Waals surface area contributed by atoms with Crippen molar-refractivity contribution in [1.82, 2.24) is 10.3 Å². The van der Waals surface area contributed by atoms with Gasteiger partial charge in [0.25, 0.3) is 0 Å². The number of pyridine rings is 1. The molecule has 2 aromatic rings. The smallest absolute Gasteiger partial charge is 0.137 e. The second-order valence-electron chi connectivity index (χ2n) is 4.60. The summed E-state index contributed by atoms with van der Waals surface area (Å²) in [4.78, 5) is 4.23. The van der Waals surface area contributed by atoms with Crippen molar-refractivity contribution in [3.8, 4) is 5.75 Å². The van der Waals surface area contributed by atoms with Crippen LogP contribution in [0.5, 0.6) is 5.75 Å². The number of rotatable bonds is 6. The van der Waals surface area contributed by atoms with E-state index < -0.39 is 0 Å². The van der Waals surface area contributed by atoms with Crippen LogP contribution >= 0.6 is 11.6 Å². The number of ether oxygens (including phenoxy) is 1. The minimum Gasteiger partial charge on any atom is -0.495 e. The molecule has 3 nitrogen and oxygen atoms in total. The standard InChI is InChI=1S/C16H19ClN2O/c1-3-7-19-16(12-5-4-6-14(17)8-12)13-9-15(20-2)11-18-10-13/h4-6,8-11,16,19H,3,7H2,1-2H3. The van der Waals surface area contributed by atoms with Crippen LogP contribution in [-0.2, 0) is 0 Å². The number of benzene rings is 1. The lowest BCUT2D eigenvalue weighted by Gasteiger charge is -2.20. The normalized spacial score (nSPS) is 12.2. The summed E-state index contributed by atoms with van der Waals surface area (Å²) in [5, 5.41) is 4.26. The van der Waals surface area contributed by atoms with Crippen molar-refractivity contribution in [2.24, 2.45) is 0 Å². The van der Waals surface area contributed by atoms with Crippen LogP contribution in [0.2, 0.25) is 5.02 Å². The molecule has 0 radical (unpaired) electrons. The summed E-state index contributed by atoms with van der Waals surface area (Å²) < 4.78 is 5.25. The number of nitrogens with one attached hydrogen (secondary N) is 1. The first-order valence-electron chi connectivity index (χ1n) is 6.72. The van der Waals surface area contributed by atoms with Crippen molar-refractivity contribution in [3.05, 3.63) is 58.9 Å². The molecule has 2 rings (SSSR count). The lowest BCUT2D eigenvalue weighted by atomic mass is 10.00. The van der Waals surface area contributed by atoms with Crippen LogP contribution in [0.25, 0.3) is 0 Å². The van der Waals surface area contributed by atoms with Gasteiger partial charge in [0.1, 0.15) is 5.75 Å². The molecule has 1 aromatic heterocycles. The number of nitrogens with zero attached hydrogens (tertiary/aromatic N) is 1. The molecule has 1 N–H and O–H groups in total. The molecule has 0 aliphatic heterocycles. The lowest BCUT2D eigenvalue weighted by molar-refractivity contribution is 0.411. The average molecular weight is 291 g/mol. The van der Waals surface area contributed by atoms with Crippen LogP contribution in [0, 0.1) is 0 Å². The zero-order chi connectivity index (χ0) is 14.4. The van der Waals surface area contributed by atoms with Gasteiger partial charge < -0.3 is 10.1 Å². The van der Waals surface area contributed by atoms with Gasteiger partial charge in [0.05, 0.1) is 19.3 Å². The molecule has 0 saturated carbocycles. The Hall–Kier alpha value is -1.58. The molecule has 0 fully saturated rings. The number of hydrogen-bond acceptors (Lipinski definition) is 3. The third-order valence-corrected chi connectivity index (χ3v) is 3.32. The topological polar surface area (TPSA) is 34.2 Å². The predicted molar refractivity (Wildman–Crippen MR) is 82.4 cm³/mol. The predicted octanol–water partition coefficient (Wildman–Crippen LogP) is 3.83. The van der Waals surface area contributed by atoms with Crippen molar-refractivity contribution in [2.45, 2.75) is 19.4 Å². The highest BCUT2D eigenvalue weighted by Crippen LogP contribution is 2.26. The van der Waals surface area contributed by atoms with E-state index in [4.69, 9.17) is 16.3 Å². The maximum absolute atomic E-state index is 6.10. The summed E-state index contributed by atoms with van der Waals surface area (Å²) in [6.45, 7) is 3.07. The van der Waals surface area contributed by atoms with Crippen LogP contribution in [-0.4, -0.2) is 18.6 Å². The first-order valence-corrected chi connectivity index (χ1v) is 7.10. The summed E-state index contributed by atoms with van der Waals surface area (Å²) in [6.07, 6.45) is 4.63. The third kappa shape index (κ3) is 3.71. The van der Waals surface area contributed by atoms with E-state index in [0.29, 0.717) is 0 Å². The molecule has 1 atom stereocenters. The van der Waals surface area contributed by atoms with E-state index in [9.17, 15) is 0 Å². The maximum atomic E-state index is 6.10. The SMILES string of the molecule is CCCNC(c1cccc(Cl)c1)c1cncc(OC)c1. The van der Waals surface area contributed by atoms with Gasteiger partial charge in [0.2, 0.25) is 0 Å². The van der Waals surface area contributed by atoms with E-state index in [-0.39, 0.29) is 6.04 Å². The Balaban J connectivity index is 2.35. The second kappa shape index (κ2) is 7.27. The Morgan fingerprint density at radius 1 is 1.25 bits per heavy atom. The molecular weight excluding hydrogens is 272 g/mol. The van der Waals surface area contributed by atoms with E-state index in [1.807, 2.05) is 30.5 Å². The van der Waals surface area contributed by atoms with Gasteiger partial charge in [-0.3, -0.25) is 4.98 Å². The molecule has 1 unspecified atom stereocenters. The minimum atomic E-state index is 0.0660.